The number of sulfone groups is 1. The van der Waals surface area contributed by atoms with Crippen LogP contribution in [0.3, 0.4) is 0 Å². The van der Waals surface area contributed by atoms with Crippen LogP contribution in [-0.2, 0) is 35.1 Å². The summed E-state index contributed by atoms with van der Waals surface area (Å²) in [6, 6.07) is 14.5. The van der Waals surface area contributed by atoms with Crippen molar-refractivity contribution in [2.75, 3.05) is 40.3 Å². The minimum Gasteiger partial charge on any atom is -0.497 e. The van der Waals surface area contributed by atoms with Gasteiger partial charge in [-0.15, -0.1) is 0 Å². The molecule has 3 aromatic carbocycles. The minimum atomic E-state index is -4.31. The number of carbonyl (C=O) groups is 1. The Hall–Kier alpha value is -4.80. The predicted molar refractivity (Wildman–Crippen MR) is 205 cm³/mol. The lowest BCUT2D eigenvalue weighted by molar-refractivity contribution is -0.145. The highest BCUT2D eigenvalue weighted by Crippen LogP contribution is 2.40. The number of pyridine rings is 1. The van der Waals surface area contributed by atoms with Crippen molar-refractivity contribution in [3.8, 4) is 23.0 Å². The Bertz CT molecular complexity index is 2390. The van der Waals surface area contributed by atoms with Gasteiger partial charge in [0.15, 0.2) is 33.1 Å². The summed E-state index contributed by atoms with van der Waals surface area (Å²) in [4.78, 5) is 22.0. The van der Waals surface area contributed by atoms with Crippen molar-refractivity contribution in [1.82, 2.24) is 13.9 Å². The molecule has 0 amide bonds. The van der Waals surface area contributed by atoms with Gasteiger partial charge in [-0.2, -0.15) is 0 Å². The van der Waals surface area contributed by atoms with E-state index in [1.807, 2.05) is 27.7 Å². The van der Waals surface area contributed by atoms with Gasteiger partial charge < -0.3 is 23.7 Å². The number of ether oxygens (including phenoxy) is 5. The van der Waals surface area contributed by atoms with Gasteiger partial charge in [0.1, 0.15) is 18.1 Å². The largest absolute Gasteiger partial charge is 0.497 e. The van der Waals surface area contributed by atoms with Crippen molar-refractivity contribution in [3.05, 3.63) is 88.7 Å². The Balaban J connectivity index is 1.42. The van der Waals surface area contributed by atoms with Crippen LogP contribution in [0, 0.1) is 20.8 Å². The first kappa shape index (κ1) is 40.4. The van der Waals surface area contributed by atoms with Crippen molar-refractivity contribution >= 4 is 48.6 Å². The summed E-state index contributed by atoms with van der Waals surface area (Å²) in [5.41, 5.74) is 3.86. The molecule has 0 spiro atoms. The number of esters is 1. The number of hydrogen-bond acceptors (Lipinski definition) is 13. The summed E-state index contributed by atoms with van der Waals surface area (Å²) in [6.07, 6.45) is 1.67. The molecular formula is C38H43N3O10S3. The zero-order valence-corrected chi connectivity index (χ0v) is 33.8. The predicted octanol–water partition coefficient (Wildman–Crippen LogP) is 6.43. The van der Waals surface area contributed by atoms with Crippen LogP contribution in [0.1, 0.15) is 47.7 Å². The van der Waals surface area contributed by atoms with Gasteiger partial charge in [0.05, 0.1) is 53.6 Å². The fourth-order valence-corrected chi connectivity index (χ4v) is 10.1. The molecule has 5 aromatic rings. The third-order valence-electron chi connectivity index (χ3n) is 8.53. The number of methoxy groups -OCH3 is 3. The molecule has 0 saturated carbocycles. The van der Waals surface area contributed by atoms with Crippen LogP contribution in [0.2, 0.25) is 0 Å². The summed E-state index contributed by atoms with van der Waals surface area (Å²) >= 11 is 1.18. The molecule has 16 heteroatoms. The summed E-state index contributed by atoms with van der Waals surface area (Å²) in [6.45, 7) is 8.21. The number of benzene rings is 3. The molecule has 0 aliphatic heterocycles. The highest BCUT2D eigenvalue weighted by atomic mass is 32.2. The lowest BCUT2D eigenvalue weighted by atomic mass is 10.0. The molecule has 0 N–H and O–H groups in total. The number of carbonyl (C=O) groups excluding carboxylic acids is 1. The Morgan fingerprint density at radius 3 is 2.20 bits per heavy atom. The second-order valence-corrected chi connectivity index (χ2v) is 17.5. The van der Waals surface area contributed by atoms with Crippen LogP contribution < -0.4 is 18.9 Å². The number of rotatable bonds is 16. The highest BCUT2D eigenvalue weighted by Gasteiger charge is 2.31. The SMILES string of the molecule is COc1ccc2c(c1)nc(SCc1ncc(C)c(OC)c1OC)n2S(=O)(=O)c1c(C)cc(OCC(=O)OCCS(=O)(=O)c2ccc(C)cc2)cc1C(C)C. The highest BCUT2D eigenvalue weighted by molar-refractivity contribution is 7.99. The van der Waals surface area contributed by atoms with Crippen LogP contribution in [0.15, 0.2) is 75.7 Å². The molecule has 5 rings (SSSR count). The molecule has 2 heterocycles. The van der Waals surface area contributed by atoms with E-state index in [0.29, 0.717) is 45.1 Å². The number of fused-ring (bicyclic) bond motifs is 1. The van der Waals surface area contributed by atoms with Crippen LogP contribution >= 0.6 is 11.8 Å². The Morgan fingerprint density at radius 2 is 1.56 bits per heavy atom. The van der Waals surface area contributed by atoms with Crippen LogP contribution in [0.4, 0.5) is 0 Å². The van der Waals surface area contributed by atoms with Crippen LogP contribution in [0.5, 0.6) is 23.0 Å². The van der Waals surface area contributed by atoms with Gasteiger partial charge in [-0.1, -0.05) is 43.3 Å². The van der Waals surface area contributed by atoms with Crippen LogP contribution in [-0.4, -0.2) is 77.0 Å². The molecule has 54 heavy (non-hydrogen) atoms. The van der Waals surface area contributed by atoms with E-state index in [9.17, 15) is 21.6 Å². The number of aryl methyl sites for hydroxylation is 3. The van der Waals surface area contributed by atoms with Gasteiger partial charge in [0, 0.05) is 23.6 Å². The molecule has 2 aromatic heterocycles. The standard InChI is InChI=1S/C38H43N3O10S3/c1-23(2)30-18-28(51-21-34(42)50-15-16-53(43,44)29-12-9-24(3)10-13-29)17-25(4)37(30)54(45,46)41-33-14-11-27(47-6)19-31(33)40-38(41)52-22-32-36(49-8)35(48-7)26(5)20-39-32/h9-14,17-20,23H,15-16,21-22H2,1-8H3. The first-order chi connectivity index (χ1) is 25.6. The molecular weight excluding hydrogens is 755 g/mol. The van der Waals surface area contributed by atoms with Crippen molar-refractivity contribution < 1.29 is 45.3 Å². The molecule has 0 atom stereocenters. The van der Waals surface area contributed by atoms with Gasteiger partial charge >= 0.3 is 5.97 Å². The molecule has 13 nitrogen and oxygen atoms in total. The normalized spacial score (nSPS) is 11.9. The zero-order chi connectivity index (χ0) is 39.4. The Labute approximate surface area is 319 Å². The van der Waals surface area contributed by atoms with E-state index < -0.39 is 32.4 Å². The molecule has 0 unspecified atom stereocenters. The zero-order valence-electron chi connectivity index (χ0n) is 31.3. The fourth-order valence-electron chi connectivity index (χ4n) is 5.80. The van der Waals surface area contributed by atoms with Crippen molar-refractivity contribution in [1.29, 1.82) is 0 Å². The van der Waals surface area contributed by atoms with Crippen molar-refractivity contribution in [2.45, 2.75) is 61.2 Å². The van der Waals surface area contributed by atoms with E-state index in [4.69, 9.17) is 28.7 Å². The van der Waals surface area contributed by atoms with Gasteiger partial charge in [-0.25, -0.2) is 30.6 Å². The maximum Gasteiger partial charge on any atom is 0.344 e. The molecule has 0 aliphatic rings. The van der Waals surface area contributed by atoms with E-state index in [1.54, 1.807) is 56.6 Å². The van der Waals surface area contributed by atoms with E-state index in [1.165, 1.54) is 48.2 Å². The van der Waals surface area contributed by atoms with Gasteiger partial charge in [0.2, 0.25) is 0 Å². The van der Waals surface area contributed by atoms with Gasteiger partial charge in [0.25, 0.3) is 10.0 Å². The molecule has 0 aliphatic carbocycles. The van der Waals surface area contributed by atoms with Crippen LogP contribution in [0.25, 0.3) is 11.0 Å². The summed E-state index contributed by atoms with van der Waals surface area (Å²) in [5, 5.41) is 0.197. The Morgan fingerprint density at radius 1 is 0.852 bits per heavy atom. The van der Waals surface area contributed by atoms with E-state index in [-0.39, 0.29) is 44.7 Å². The summed E-state index contributed by atoms with van der Waals surface area (Å²) < 4.78 is 83.7. The van der Waals surface area contributed by atoms with E-state index in [0.717, 1.165) is 11.1 Å². The average molecular weight is 798 g/mol. The number of imidazole rings is 1. The molecule has 0 radical (unpaired) electrons. The first-order valence-corrected chi connectivity index (χ1v) is 20.9. The third kappa shape index (κ3) is 8.61. The minimum absolute atomic E-state index is 0.0680. The third-order valence-corrected chi connectivity index (χ3v) is 13.2. The van der Waals surface area contributed by atoms with Crippen molar-refractivity contribution in [3.63, 3.8) is 0 Å². The molecule has 288 valence electrons. The smallest absolute Gasteiger partial charge is 0.344 e. The molecule has 0 bridgehead atoms. The first-order valence-electron chi connectivity index (χ1n) is 16.8. The maximum absolute atomic E-state index is 14.9. The maximum atomic E-state index is 14.9. The number of aromatic nitrogens is 3. The Kier molecular flexibility index (Phi) is 12.5. The number of thioether (sulfide) groups is 1. The topological polar surface area (TPSA) is 162 Å². The fraction of sp³-hybridized carbons (Fsp3) is 0.342. The van der Waals surface area contributed by atoms with E-state index >= 15 is 0 Å². The summed E-state index contributed by atoms with van der Waals surface area (Å²) in [7, 11) is -3.37. The average Bonchev–Trinajstić information content (AvgIpc) is 3.51. The van der Waals surface area contributed by atoms with E-state index in [2.05, 4.69) is 4.98 Å². The van der Waals surface area contributed by atoms with Gasteiger partial charge in [-0.3, -0.25) is 4.98 Å². The number of nitrogens with zero attached hydrogens (tertiary/aromatic N) is 3. The number of hydrogen-bond donors (Lipinski definition) is 0. The molecule has 0 fully saturated rings. The quantitative estimate of drug-likeness (QED) is 0.0794. The second kappa shape index (κ2) is 16.7. The monoisotopic (exact) mass is 797 g/mol. The lowest BCUT2D eigenvalue weighted by Crippen LogP contribution is -2.20. The van der Waals surface area contributed by atoms with Crippen molar-refractivity contribution in [2.24, 2.45) is 0 Å². The van der Waals surface area contributed by atoms with Gasteiger partial charge in [-0.05, 0) is 74.2 Å². The second-order valence-electron chi connectivity index (χ2n) is 12.7. The molecule has 0 saturated heterocycles. The lowest BCUT2D eigenvalue weighted by Gasteiger charge is -2.20. The summed E-state index contributed by atoms with van der Waals surface area (Å²) in [5.74, 6) is 0.524.